The summed E-state index contributed by atoms with van der Waals surface area (Å²) in [5.74, 6) is 0. The van der Waals surface area contributed by atoms with Crippen LogP contribution in [0.3, 0.4) is 0 Å². The number of anilines is 1. The minimum absolute atomic E-state index is 0.116. The summed E-state index contributed by atoms with van der Waals surface area (Å²) in [6, 6.07) is 2.13. The van der Waals surface area contributed by atoms with Crippen LogP contribution in [0.1, 0.15) is 12.8 Å². The van der Waals surface area contributed by atoms with Crippen LogP contribution < -0.4 is 5.32 Å². The fraction of sp³-hybridized carbons (Fsp3) is 0.500. The zero-order valence-corrected chi connectivity index (χ0v) is 12.0. The lowest BCUT2D eigenvalue weighted by molar-refractivity contribution is -0.393. The van der Waals surface area contributed by atoms with Gasteiger partial charge in [-0.3, -0.25) is 20.2 Å². The maximum absolute atomic E-state index is 11.0. The molecule has 2 rings (SSSR count). The van der Waals surface area contributed by atoms with Crippen LogP contribution in [0.4, 0.5) is 17.1 Å². The van der Waals surface area contributed by atoms with Crippen molar-refractivity contribution in [3.05, 3.63) is 37.4 Å². The van der Waals surface area contributed by atoms with Crippen molar-refractivity contribution in [2.75, 3.05) is 31.5 Å². The van der Waals surface area contributed by atoms with Gasteiger partial charge < -0.3 is 10.2 Å². The molecule has 1 saturated heterocycles. The van der Waals surface area contributed by atoms with Gasteiger partial charge in [0.05, 0.1) is 15.9 Å². The van der Waals surface area contributed by atoms with Crippen LogP contribution in [0.2, 0.25) is 5.02 Å². The van der Waals surface area contributed by atoms with Gasteiger partial charge in [0.2, 0.25) is 0 Å². The number of benzene rings is 1. The van der Waals surface area contributed by atoms with Gasteiger partial charge in [0.25, 0.3) is 11.4 Å². The number of nitrogens with zero attached hydrogens (tertiary/aromatic N) is 3. The van der Waals surface area contributed by atoms with E-state index in [2.05, 4.69) is 10.2 Å². The van der Waals surface area contributed by atoms with Crippen LogP contribution in [0, 0.1) is 20.2 Å². The minimum atomic E-state index is -0.733. The van der Waals surface area contributed by atoms with E-state index in [1.165, 1.54) is 18.9 Å². The maximum atomic E-state index is 11.0. The zero-order valence-electron chi connectivity index (χ0n) is 11.2. The van der Waals surface area contributed by atoms with E-state index in [1.807, 2.05) is 0 Å². The Balaban J connectivity index is 2.11. The summed E-state index contributed by atoms with van der Waals surface area (Å²) in [4.78, 5) is 22.7. The number of nitro groups is 2. The van der Waals surface area contributed by atoms with Crippen LogP contribution in [0.5, 0.6) is 0 Å². The van der Waals surface area contributed by atoms with Crippen molar-refractivity contribution in [1.29, 1.82) is 0 Å². The Kier molecular flexibility index (Phi) is 4.92. The fourth-order valence-electron chi connectivity index (χ4n) is 2.34. The standard InChI is InChI=1S/C12H15ClN4O4/c13-9-7-10(14-3-6-15-4-1-2-5-15)12(17(20)21)8-11(9)16(18)19/h7-8,14H,1-6H2. The van der Waals surface area contributed by atoms with Gasteiger partial charge in [-0.2, -0.15) is 0 Å². The topological polar surface area (TPSA) is 102 Å². The predicted molar refractivity (Wildman–Crippen MR) is 78.9 cm³/mol. The zero-order chi connectivity index (χ0) is 15.4. The number of hydrogen-bond acceptors (Lipinski definition) is 6. The molecule has 1 aliphatic rings. The summed E-state index contributed by atoms with van der Waals surface area (Å²) >= 11 is 5.79. The number of halogens is 1. The van der Waals surface area contributed by atoms with Gasteiger partial charge in [0, 0.05) is 13.1 Å². The normalized spacial score (nSPS) is 15.1. The largest absolute Gasteiger partial charge is 0.378 e. The molecule has 0 radical (unpaired) electrons. The molecule has 0 aliphatic carbocycles. The maximum Gasteiger partial charge on any atom is 0.299 e. The van der Waals surface area contributed by atoms with E-state index in [0.717, 1.165) is 25.7 Å². The first-order valence-electron chi connectivity index (χ1n) is 6.57. The van der Waals surface area contributed by atoms with Crippen molar-refractivity contribution in [3.63, 3.8) is 0 Å². The van der Waals surface area contributed by atoms with Gasteiger partial charge in [0.1, 0.15) is 10.7 Å². The van der Waals surface area contributed by atoms with Gasteiger partial charge >= 0.3 is 0 Å². The van der Waals surface area contributed by atoms with E-state index in [1.54, 1.807) is 0 Å². The molecule has 0 spiro atoms. The molecule has 0 atom stereocenters. The van der Waals surface area contributed by atoms with Crippen LogP contribution in [-0.4, -0.2) is 40.9 Å². The van der Waals surface area contributed by atoms with Crippen molar-refractivity contribution >= 4 is 28.7 Å². The van der Waals surface area contributed by atoms with Gasteiger partial charge in [-0.05, 0) is 32.0 Å². The highest BCUT2D eigenvalue weighted by Gasteiger charge is 2.23. The Morgan fingerprint density at radius 2 is 1.76 bits per heavy atom. The van der Waals surface area contributed by atoms with Crippen LogP contribution >= 0.6 is 11.6 Å². The first kappa shape index (κ1) is 15.5. The van der Waals surface area contributed by atoms with Crippen molar-refractivity contribution in [2.24, 2.45) is 0 Å². The lowest BCUT2D eigenvalue weighted by atomic mass is 10.2. The molecule has 114 valence electrons. The molecule has 0 bridgehead atoms. The molecule has 1 aliphatic heterocycles. The van der Waals surface area contributed by atoms with E-state index in [9.17, 15) is 20.2 Å². The molecule has 0 saturated carbocycles. The molecule has 1 fully saturated rings. The van der Waals surface area contributed by atoms with E-state index in [-0.39, 0.29) is 16.4 Å². The second-order valence-corrected chi connectivity index (χ2v) is 5.22. The molecule has 0 unspecified atom stereocenters. The van der Waals surface area contributed by atoms with E-state index >= 15 is 0 Å². The molecule has 8 nitrogen and oxygen atoms in total. The van der Waals surface area contributed by atoms with Gasteiger partial charge in [0.15, 0.2) is 0 Å². The summed E-state index contributed by atoms with van der Waals surface area (Å²) in [5, 5.41) is 24.6. The molecule has 1 aromatic carbocycles. The molecule has 1 heterocycles. The predicted octanol–water partition coefficient (Wildman–Crippen LogP) is 2.66. The Bertz CT molecular complexity index is 560. The summed E-state index contributed by atoms with van der Waals surface area (Å²) in [6.07, 6.45) is 2.34. The Morgan fingerprint density at radius 1 is 1.14 bits per heavy atom. The second-order valence-electron chi connectivity index (χ2n) is 4.81. The molecule has 1 aromatic rings. The van der Waals surface area contributed by atoms with Crippen molar-refractivity contribution < 1.29 is 9.85 Å². The molecule has 21 heavy (non-hydrogen) atoms. The minimum Gasteiger partial charge on any atom is -0.378 e. The van der Waals surface area contributed by atoms with Crippen LogP contribution in [0.25, 0.3) is 0 Å². The van der Waals surface area contributed by atoms with Gasteiger partial charge in [-0.25, -0.2) is 0 Å². The average Bonchev–Trinajstić information content (AvgIpc) is 2.91. The third-order valence-corrected chi connectivity index (χ3v) is 3.70. The summed E-state index contributed by atoms with van der Waals surface area (Å²) < 4.78 is 0. The Morgan fingerprint density at radius 3 is 2.33 bits per heavy atom. The Hall–Kier alpha value is -1.93. The number of hydrogen-bond donors (Lipinski definition) is 1. The molecule has 9 heteroatoms. The summed E-state index contributed by atoms with van der Waals surface area (Å²) in [7, 11) is 0. The first-order chi connectivity index (χ1) is 9.99. The van der Waals surface area contributed by atoms with E-state index in [0.29, 0.717) is 6.54 Å². The molecule has 0 amide bonds. The monoisotopic (exact) mass is 314 g/mol. The third kappa shape index (κ3) is 3.79. The summed E-state index contributed by atoms with van der Waals surface area (Å²) in [5.41, 5.74) is -0.601. The quantitative estimate of drug-likeness (QED) is 0.639. The highest BCUT2D eigenvalue weighted by atomic mass is 35.5. The van der Waals surface area contributed by atoms with Gasteiger partial charge in [-0.15, -0.1) is 0 Å². The third-order valence-electron chi connectivity index (χ3n) is 3.40. The fourth-order valence-corrected chi connectivity index (χ4v) is 2.57. The van der Waals surface area contributed by atoms with Crippen LogP contribution in [-0.2, 0) is 0 Å². The average molecular weight is 315 g/mol. The number of nitrogens with one attached hydrogen (secondary N) is 1. The molecular formula is C12H15ClN4O4. The SMILES string of the molecule is O=[N+]([O-])c1cc([N+](=O)[O-])c(NCCN2CCCC2)cc1Cl. The van der Waals surface area contributed by atoms with Crippen molar-refractivity contribution in [3.8, 4) is 0 Å². The summed E-state index contributed by atoms with van der Waals surface area (Å²) in [6.45, 7) is 3.36. The van der Waals surface area contributed by atoms with E-state index in [4.69, 9.17) is 11.6 Å². The molecule has 0 aromatic heterocycles. The van der Waals surface area contributed by atoms with Gasteiger partial charge in [-0.1, -0.05) is 11.6 Å². The number of likely N-dealkylation sites (tertiary alicyclic amines) is 1. The Labute approximate surface area is 126 Å². The second kappa shape index (κ2) is 6.68. The van der Waals surface area contributed by atoms with Crippen molar-refractivity contribution in [1.82, 2.24) is 4.90 Å². The smallest absolute Gasteiger partial charge is 0.299 e. The highest BCUT2D eigenvalue weighted by Crippen LogP contribution is 2.35. The lowest BCUT2D eigenvalue weighted by Gasteiger charge is -2.15. The molecular weight excluding hydrogens is 300 g/mol. The number of rotatable bonds is 6. The van der Waals surface area contributed by atoms with E-state index < -0.39 is 15.5 Å². The van der Waals surface area contributed by atoms with Crippen molar-refractivity contribution in [2.45, 2.75) is 12.8 Å². The first-order valence-corrected chi connectivity index (χ1v) is 6.95. The number of nitro benzene ring substituents is 2. The lowest BCUT2D eigenvalue weighted by Crippen LogP contribution is -2.26. The molecule has 1 N–H and O–H groups in total. The highest BCUT2D eigenvalue weighted by molar-refractivity contribution is 6.33. The van der Waals surface area contributed by atoms with Crippen LogP contribution in [0.15, 0.2) is 12.1 Å².